The number of ether oxygens (including phenoxy) is 1. The Balaban J connectivity index is 1.64. The first-order valence-electron chi connectivity index (χ1n) is 10.3. The van der Waals surface area contributed by atoms with Gasteiger partial charge in [-0.3, -0.25) is 9.59 Å². The first-order valence-corrected chi connectivity index (χ1v) is 11.2. The molecule has 3 N–H and O–H groups in total. The van der Waals surface area contributed by atoms with Crippen LogP contribution >= 0.6 is 11.3 Å². The summed E-state index contributed by atoms with van der Waals surface area (Å²) in [5, 5.41) is 10.2. The fourth-order valence-electron chi connectivity index (χ4n) is 3.17. The van der Waals surface area contributed by atoms with Gasteiger partial charge in [0.1, 0.15) is 22.6 Å². The number of hydrogen-bond donors (Lipinski definition) is 3. The molecule has 1 atom stereocenters. The topological polar surface area (TPSA) is 113 Å². The number of benzene rings is 1. The van der Waals surface area contributed by atoms with Gasteiger partial charge in [-0.05, 0) is 31.4 Å². The number of halogens is 1. The van der Waals surface area contributed by atoms with Gasteiger partial charge < -0.3 is 25.6 Å². The maximum atomic E-state index is 13.9. The molecule has 1 unspecified atom stereocenters. The molecular weight excluding hydrogens is 437 g/mol. The predicted molar refractivity (Wildman–Crippen MR) is 118 cm³/mol. The van der Waals surface area contributed by atoms with Crippen LogP contribution < -0.4 is 16.0 Å². The van der Waals surface area contributed by atoms with E-state index in [0.29, 0.717) is 18.0 Å². The summed E-state index contributed by atoms with van der Waals surface area (Å²) in [5.41, 5.74) is 0.254. The summed E-state index contributed by atoms with van der Waals surface area (Å²) in [4.78, 5) is 43.0. The number of aromatic nitrogens is 1. The van der Waals surface area contributed by atoms with E-state index < -0.39 is 23.8 Å². The van der Waals surface area contributed by atoms with Crippen molar-refractivity contribution in [3.63, 3.8) is 0 Å². The Kier molecular flexibility index (Phi) is 8.51. The molecule has 1 saturated heterocycles. The molecule has 9 nitrogen and oxygen atoms in total. The molecule has 1 aliphatic rings. The lowest BCUT2D eigenvalue weighted by Gasteiger charge is -2.22. The molecule has 0 aliphatic carbocycles. The number of carbonyl (C=O) groups excluding carboxylic acids is 3. The molecule has 0 spiro atoms. The molecule has 1 aromatic carbocycles. The van der Waals surface area contributed by atoms with Crippen LogP contribution in [0.5, 0.6) is 0 Å². The molecule has 2 heterocycles. The number of nitrogens with zero attached hydrogens (tertiary/aromatic N) is 2. The first-order chi connectivity index (χ1) is 15.5. The Bertz CT molecular complexity index is 954. The second-order valence-electron chi connectivity index (χ2n) is 7.26. The average molecular weight is 464 g/mol. The normalized spacial score (nSPS) is 16.1. The molecule has 0 radical (unpaired) electrons. The molecule has 3 rings (SSSR count). The van der Waals surface area contributed by atoms with Gasteiger partial charge in [0.05, 0.1) is 18.8 Å². The summed E-state index contributed by atoms with van der Waals surface area (Å²) in [7, 11) is 1.52. The van der Waals surface area contributed by atoms with Gasteiger partial charge in [-0.2, -0.15) is 0 Å². The highest BCUT2D eigenvalue weighted by molar-refractivity contribution is 7.09. The molecular formula is C21H26FN5O4S. The number of thiazole rings is 1. The number of hydrogen-bond acceptors (Lipinski definition) is 6. The van der Waals surface area contributed by atoms with E-state index in [9.17, 15) is 18.8 Å². The lowest BCUT2D eigenvalue weighted by Crippen LogP contribution is -2.45. The third kappa shape index (κ3) is 6.47. The van der Waals surface area contributed by atoms with Crippen LogP contribution in [0.3, 0.4) is 0 Å². The zero-order valence-electron chi connectivity index (χ0n) is 17.7. The van der Waals surface area contributed by atoms with E-state index in [0.717, 1.165) is 12.8 Å². The van der Waals surface area contributed by atoms with Crippen LogP contribution in [0.25, 0.3) is 0 Å². The van der Waals surface area contributed by atoms with E-state index >= 15 is 0 Å². The van der Waals surface area contributed by atoms with Gasteiger partial charge in [0.25, 0.3) is 5.91 Å². The maximum Gasteiger partial charge on any atom is 0.322 e. The number of anilines is 1. The van der Waals surface area contributed by atoms with Crippen molar-refractivity contribution in [1.82, 2.24) is 20.5 Å². The largest absolute Gasteiger partial charge is 0.383 e. The van der Waals surface area contributed by atoms with Crippen LogP contribution in [0.1, 0.15) is 34.8 Å². The van der Waals surface area contributed by atoms with Gasteiger partial charge in [0.15, 0.2) is 0 Å². The van der Waals surface area contributed by atoms with Crippen molar-refractivity contribution >= 4 is 34.9 Å². The van der Waals surface area contributed by atoms with Gasteiger partial charge in [-0.1, -0.05) is 12.1 Å². The fraction of sp³-hybridized carbons (Fsp3) is 0.429. The van der Waals surface area contributed by atoms with Crippen molar-refractivity contribution in [3.05, 3.63) is 46.2 Å². The zero-order chi connectivity index (χ0) is 22.9. The van der Waals surface area contributed by atoms with Gasteiger partial charge in [-0.15, -0.1) is 11.3 Å². The number of amides is 4. The quantitative estimate of drug-likeness (QED) is 0.556. The molecule has 32 heavy (non-hydrogen) atoms. The monoisotopic (exact) mass is 463 g/mol. The van der Waals surface area contributed by atoms with Crippen molar-refractivity contribution in [2.24, 2.45) is 0 Å². The smallest absolute Gasteiger partial charge is 0.322 e. The van der Waals surface area contributed by atoms with Crippen LogP contribution in [-0.4, -0.2) is 60.6 Å². The molecule has 2 aromatic rings. The van der Waals surface area contributed by atoms with Crippen molar-refractivity contribution < 1.29 is 23.5 Å². The average Bonchev–Trinajstić information content (AvgIpc) is 3.16. The number of para-hydroxylation sites is 1. The van der Waals surface area contributed by atoms with Gasteiger partial charge >= 0.3 is 6.03 Å². The van der Waals surface area contributed by atoms with Gasteiger partial charge in [0, 0.05) is 25.6 Å². The molecule has 4 amide bonds. The molecule has 0 bridgehead atoms. The fourth-order valence-corrected chi connectivity index (χ4v) is 3.96. The lowest BCUT2D eigenvalue weighted by atomic mass is 10.1. The number of nitrogens with one attached hydrogen (secondary N) is 3. The Labute approximate surface area is 189 Å². The Morgan fingerprint density at radius 2 is 2.16 bits per heavy atom. The van der Waals surface area contributed by atoms with Crippen LogP contribution in [0.15, 0.2) is 29.6 Å². The highest BCUT2D eigenvalue weighted by Crippen LogP contribution is 2.17. The maximum absolute atomic E-state index is 13.9. The van der Waals surface area contributed by atoms with Gasteiger partial charge in [-0.25, -0.2) is 14.2 Å². The number of methoxy groups -OCH3 is 1. The molecule has 172 valence electrons. The van der Waals surface area contributed by atoms with E-state index in [1.54, 1.807) is 11.4 Å². The highest BCUT2D eigenvalue weighted by Gasteiger charge is 2.24. The lowest BCUT2D eigenvalue weighted by molar-refractivity contribution is -0.122. The second-order valence-corrected chi connectivity index (χ2v) is 8.21. The van der Waals surface area contributed by atoms with Crippen LogP contribution in [0, 0.1) is 5.82 Å². The summed E-state index contributed by atoms with van der Waals surface area (Å²) in [6.45, 7) is 1.25. The van der Waals surface area contributed by atoms with E-state index in [-0.39, 0.29) is 37.0 Å². The minimum Gasteiger partial charge on any atom is -0.383 e. The van der Waals surface area contributed by atoms with Crippen LogP contribution in [0.2, 0.25) is 0 Å². The minimum atomic E-state index is -0.583. The Morgan fingerprint density at radius 3 is 2.94 bits per heavy atom. The number of carbonyl (C=O) groups is 3. The molecule has 1 aromatic heterocycles. The van der Waals surface area contributed by atoms with E-state index in [4.69, 9.17) is 4.74 Å². The summed E-state index contributed by atoms with van der Waals surface area (Å²) < 4.78 is 19.0. The summed E-state index contributed by atoms with van der Waals surface area (Å²) in [6, 6.07) is 4.79. The predicted octanol–water partition coefficient (Wildman–Crippen LogP) is 2.36. The number of urea groups is 1. The van der Waals surface area contributed by atoms with Crippen molar-refractivity contribution in [2.45, 2.75) is 31.8 Å². The molecule has 0 saturated carbocycles. The molecule has 1 aliphatic heterocycles. The SMILES string of the molecule is COCCN(Cc1nc(C(=O)NC2CCCCNC2=O)cs1)C(=O)Nc1ccccc1F. The standard InChI is InChI=1S/C21H26FN5O4S/c1-31-11-10-27(21(30)26-15-7-3-2-6-14(15)22)12-18-24-17(13-32-18)20(29)25-16-8-4-5-9-23-19(16)28/h2-3,6-7,13,16H,4-5,8-12H2,1H3,(H,23,28)(H,25,29)(H,26,30). The highest BCUT2D eigenvalue weighted by atomic mass is 32.1. The van der Waals surface area contributed by atoms with Crippen molar-refractivity contribution in [2.75, 3.05) is 32.1 Å². The van der Waals surface area contributed by atoms with Crippen LogP contribution in [-0.2, 0) is 16.1 Å². The molecule has 11 heteroatoms. The van der Waals surface area contributed by atoms with E-state index in [2.05, 4.69) is 20.9 Å². The van der Waals surface area contributed by atoms with E-state index in [1.807, 2.05) is 0 Å². The second kappa shape index (κ2) is 11.5. The van der Waals surface area contributed by atoms with Crippen LogP contribution in [0.4, 0.5) is 14.9 Å². The van der Waals surface area contributed by atoms with Gasteiger partial charge in [0.2, 0.25) is 5.91 Å². The van der Waals surface area contributed by atoms with E-state index in [1.165, 1.54) is 41.5 Å². The number of rotatable bonds is 8. The third-order valence-electron chi connectivity index (χ3n) is 4.92. The minimum absolute atomic E-state index is 0.0702. The Morgan fingerprint density at radius 1 is 1.34 bits per heavy atom. The molecule has 1 fully saturated rings. The first kappa shape index (κ1) is 23.6. The summed E-state index contributed by atoms with van der Waals surface area (Å²) >= 11 is 1.22. The summed E-state index contributed by atoms with van der Waals surface area (Å²) in [6.07, 6.45) is 2.30. The summed E-state index contributed by atoms with van der Waals surface area (Å²) in [5.74, 6) is -1.17. The van der Waals surface area contributed by atoms with Crippen molar-refractivity contribution in [3.8, 4) is 0 Å². The Hall–Kier alpha value is -3.05. The van der Waals surface area contributed by atoms with Crippen molar-refractivity contribution in [1.29, 1.82) is 0 Å². The third-order valence-corrected chi connectivity index (χ3v) is 5.75. The zero-order valence-corrected chi connectivity index (χ0v) is 18.5.